The summed E-state index contributed by atoms with van der Waals surface area (Å²) in [5, 5.41) is 8.05. The number of rotatable bonds is 5. The Morgan fingerprint density at radius 3 is 2.95 bits per heavy atom. The van der Waals surface area contributed by atoms with E-state index in [1.165, 1.54) is 35.6 Å². The first-order chi connectivity index (χ1) is 10.2. The summed E-state index contributed by atoms with van der Waals surface area (Å²) < 4.78 is 0. The van der Waals surface area contributed by atoms with Crippen LogP contribution in [0.25, 0.3) is 0 Å². The van der Waals surface area contributed by atoms with E-state index in [1.54, 1.807) is 11.3 Å². The molecule has 118 valence electrons. The van der Waals surface area contributed by atoms with Gasteiger partial charge in [-0.2, -0.15) is 0 Å². The maximum atomic E-state index is 4.38. The van der Waals surface area contributed by atoms with Gasteiger partial charge in [-0.3, -0.25) is 4.99 Å². The summed E-state index contributed by atoms with van der Waals surface area (Å²) in [6.07, 6.45) is 8.38. The van der Waals surface area contributed by atoms with E-state index in [9.17, 15) is 0 Å². The first kappa shape index (κ1) is 16.3. The average Bonchev–Trinajstić information content (AvgIpc) is 2.88. The molecule has 2 unspecified atom stereocenters. The van der Waals surface area contributed by atoms with Gasteiger partial charge in [-0.25, -0.2) is 4.98 Å². The molecule has 1 fully saturated rings. The third-order valence-electron chi connectivity index (χ3n) is 4.13. The number of thiazole rings is 1. The number of nitrogens with one attached hydrogen (secondary N) is 2. The molecule has 1 aliphatic rings. The SMILES string of the molecule is CN=C(NCCc1ncc(C)s1)NCC1CCCC(C)C1. The van der Waals surface area contributed by atoms with Crippen LogP contribution in [0, 0.1) is 18.8 Å². The lowest BCUT2D eigenvalue weighted by Crippen LogP contribution is -2.41. The molecule has 2 rings (SSSR count). The molecule has 0 amide bonds. The van der Waals surface area contributed by atoms with Crippen molar-refractivity contribution in [3.63, 3.8) is 0 Å². The smallest absolute Gasteiger partial charge is 0.190 e. The summed E-state index contributed by atoms with van der Waals surface area (Å²) in [6.45, 7) is 6.39. The van der Waals surface area contributed by atoms with Crippen LogP contribution in [0.3, 0.4) is 0 Å². The fourth-order valence-electron chi connectivity index (χ4n) is 3.01. The van der Waals surface area contributed by atoms with Gasteiger partial charge in [-0.15, -0.1) is 11.3 Å². The van der Waals surface area contributed by atoms with Gasteiger partial charge in [0.2, 0.25) is 0 Å². The van der Waals surface area contributed by atoms with E-state index < -0.39 is 0 Å². The zero-order chi connectivity index (χ0) is 15.1. The molecule has 4 nitrogen and oxygen atoms in total. The summed E-state index contributed by atoms with van der Waals surface area (Å²) in [5.41, 5.74) is 0. The van der Waals surface area contributed by atoms with Crippen molar-refractivity contribution in [1.29, 1.82) is 0 Å². The Hall–Kier alpha value is -1.10. The fourth-order valence-corrected chi connectivity index (χ4v) is 3.80. The summed E-state index contributed by atoms with van der Waals surface area (Å²) in [6, 6.07) is 0. The fraction of sp³-hybridized carbons (Fsp3) is 0.750. The summed E-state index contributed by atoms with van der Waals surface area (Å²) in [4.78, 5) is 9.97. The maximum absolute atomic E-state index is 4.38. The number of hydrogen-bond donors (Lipinski definition) is 2. The lowest BCUT2D eigenvalue weighted by atomic mass is 9.82. The highest BCUT2D eigenvalue weighted by Gasteiger charge is 2.18. The van der Waals surface area contributed by atoms with Crippen molar-refractivity contribution >= 4 is 17.3 Å². The zero-order valence-corrected chi connectivity index (χ0v) is 14.3. The highest BCUT2D eigenvalue weighted by molar-refractivity contribution is 7.11. The maximum Gasteiger partial charge on any atom is 0.190 e. The third-order valence-corrected chi connectivity index (χ3v) is 5.10. The lowest BCUT2D eigenvalue weighted by molar-refractivity contribution is 0.282. The van der Waals surface area contributed by atoms with E-state index in [-0.39, 0.29) is 0 Å². The number of hydrogen-bond acceptors (Lipinski definition) is 3. The molecule has 0 radical (unpaired) electrons. The Kier molecular flexibility index (Phi) is 6.49. The van der Waals surface area contributed by atoms with Gasteiger partial charge in [0.05, 0.1) is 5.01 Å². The van der Waals surface area contributed by atoms with E-state index in [0.29, 0.717) is 0 Å². The largest absolute Gasteiger partial charge is 0.356 e. The molecule has 1 heterocycles. The molecular weight excluding hydrogens is 280 g/mol. The highest BCUT2D eigenvalue weighted by Crippen LogP contribution is 2.27. The second-order valence-electron chi connectivity index (χ2n) is 6.13. The second kappa shape index (κ2) is 8.37. The molecule has 0 bridgehead atoms. The number of aromatic nitrogens is 1. The monoisotopic (exact) mass is 308 g/mol. The molecule has 5 heteroatoms. The number of aliphatic imine (C=N–C) groups is 1. The van der Waals surface area contributed by atoms with Gasteiger partial charge in [0.25, 0.3) is 0 Å². The molecule has 0 spiro atoms. The second-order valence-corrected chi connectivity index (χ2v) is 7.45. The van der Waals surface area contributed by atoms with Crippen LogP contribution in [-0.2, 0) is 6.42 Å². The van der Waals surface area contributed by atoms with Crippen molar-refractivity contribution in [2.75, 3.05) is 20.1 Å². The van der Waals surface area contributed by atoms with Crippen molar-refractivity contribution < 1.29 is 0 Å². The van der Waals surface area contributed by atoms with Gasteiger partial charge in [0.1, 0.15) is 0 Å². The summed E-state index contributed by atoms with van der Waals surface area (Å²) >= 11 is 1.77. The minimum Gasteiger partial charge on any atom is -0.356 e. The number of guanidine groups is 1. The van der Waals surface area contributed by atoms with Gasteiger partial charge in [-0.1, -0.05) is 19.8 Å². The van der Waals surface area contributed by atoms with E-state index in [4.69, 9.17) is 0 Å². The van der Waals surface area contributed by atoms with Crippen molar-refractivity contribution in [3.8, 4) is 0 Å². The van der Waals surface area contributed by atoms with Crippen LogP contribution >= 0.6 is 11.3 Å². The minimum atomic E-state index is 0.800. The minimum absolute atomic E-state index is 0.800. The predicted molar refractivity (Wildman–Crippen MR) is 91.0 cm³/mol. The zero-order valence-electron chi connectivity index (χ0n) is 13.5. The van der Waals surface area contributed by atoms with Gasteiger partial charge < -0.3 is 10.6 Å². The predicted octanol–water partition coefficient (Wildman–Crippen LogP) is 2.99. The number of nitrogens with zero attached hydrogens (tertiary/aromatic N) is 2. The van der Waals surface area contributed by atoms with Crippen LogP contribution in [0.2, 0.25) is 0 Å². The molecule has 21 heavy (non-hydrogen) atoms. The average molecular weight is 308 g/mol. The van der Waals surface area contributed by atoms with E-state index in [0.717, 1.165) is 37.3 Å². The van der Waals surface area contributed by atoms with Crippen molar-refractivity contribution in [2.45, 2.75) is 46.0 Å². The molecule has 0 aliphatic heterocycles. The van der Waals surface area contributed by atoms with Crippen LogP contribution in [0.4, 0.5) is 0 Å². The van der Waals surface area contributed by atoms with Crippen molar-refractivity contribution in [3.05, 3.63) is 16.1 Å². The molecule has 2 atom stereocenters. The molecule has 1 saturated carbocycles. The molecule has 2 N–H and O–H groups in total. The molecular formula is C16H28N4S. The van der Waals surface area contributed by atoms with Crippen molar-refractivity contribution in [1.82, 2.24) is 15.6 Å². The van der Waals surface area contributed by atoms with E-state index in [2.05, 4.69) is 34.5 Å². The Balaban J connectivity index is 1.66. The molecule has 1 aromatic heterocycles. The van der Waals surface area contributed by atoms with Gasteiger partial charge in [-0.05, 0) is 31.6 Å². The summed E-state index contributed by atoms with van der Waals surface area (Å²) in [5.74, 6) is 2.60. The molecule has 0 saturated heterocycles. The normalized spacial score (nSPS) is 23.1. The first-order valence-corrected chi connectivity index (χ1v) is 8.85. The Labute approximate surface area is 132 Å². The third kappa shape index (κ3) is 5.65. The van der Waals surface area contributed by atoms with E-state index in [1.807, 2.05) is 13.2 Å². The van der Waals surface area contributed by atoms with Crippen LogP contribution < -0.4 is 10.6 Å². The van der Waals surface area contributed by atoms with Crippen molar-refractivity contribution in [2.24, 2.45) is 16.8 Å². The standard InChI is InChI=1S/C16H28N4S/c1-12-5-4-6-14(9-12)11-20-16(17-3)18-8-7-15-19-10-13(2)21-15/h10,12,14H,4-9,11H2,1-3H3,(H2,17,18,20). The lowest BCUT2D eigenvalue weighted by Gasteiger charge is -2.27. The quantitative estimate of drug-likeness (QED) is 0.649. The van der Waals surface area contributed by atoms with Crippen LogP contribution in [0.15, 0.2) is 11.2 Å². The van der Waals surface area contributed by atoms with Gasteiger partial charge in [0, 0.05) is 37.6 Å². The highest BCUT2D eigenvalue weighted by atomic mass is 32.1. The van der Waals surface area contributed by atoms with Crippen LogP contribution in [0.5, 0.6) is 0 Å². The number of aryl methyl sites for hydroxylation is 1. The van der Waals surface area contributed by atoms with Gasteiger partial charge in [0.15, 0.2) is 5.96 Å². The first-order valence-electron chi connectivity index (χ1n) is 8.03. The van der Waals surface area contributed by atoms with Crippen LogP contribution in [0.1, 0.15) is 42.5 Å². The molecule has 1 aromatic rings. The summed E-state index contributed by atoms with van der Waals surface area (Å²) in [7, 11) is 1.84. The Morgan fingerprint density at radius 1 is 1.43 bits per heavy atom. The molecule has 0 aromatic carbocycles. The Bertz CT molecular complexity index is 455. The van der Waals surface area contributed by atoms with Gasteiger partial charge >= 0.3 is 0 Å². The van der Waals surface area contributed by atoms with Crippen LogP contribution in [-0.4, -0.2) is 31.1 Å². The topological polar surface area (TPSA) is 49.3 Å². The Morgan fingerprint density at radius 2 is 2.29 bits per heavy atom. The van der Waals surface area contributed by atoms with E-state index >= 15 is 0 Å². The molecule has 1 aliphatic carbocycles.